The van der Waals surface area contributed by atoms with Crippen molar-refractivity contribution in [1.82, 2.24) is 0 Å². The van der Waals surface area contributed by atoms with E-state index in [2.05, 4.69) is 6.07 Å². The maximum absolute atomic E-state index is 10.5. The van der Waals surface area contributed by atoms with Gasteiger partial charge in [0.2, 0.25) is 0 Å². The molecule has 2 aliphatic rings. The lowest BCUT2D eigenvalue weighted by Gasteiger charge is -2.24. The predicted molar refractivity (Wildman–Crippen MR) is 62.6 cm³/mol. The molecule has 0 aromatic heterocycles. The van der Waals surface area contributed by atoms with Gasteiger partial charge in [-0.3, -0.25) is 0 Å². The molecule has 1 unspecified atom stereocenters. The van der Waals surface area contributed by atoms with Gasteiger partial charge in [0, 0.05) is 6.42 Å². The highest BCUT2D eigenvalue weighted by molar-refractivity contribution is 5.41. The zero-order chi connectivity index (χ0) is 11.2. The number of benzene rings is 1. The van der Waals surface area contributed by atoms with E-state index in [1.165, 1.54) is 18.4 Å². The molecule has 1 N–H and O–H groups in total. The standard InChI is InChI=1S/C14H18O2/c1-14(15,9-10-2-3-10)12-4-5-13-11(8-12)6-7-16-13/h4-5,8,10,15H,2-3,6-7,9H2,1H3. The van der Waals surface area contributed by atoms with Crippen molar-refractivity contribution in [1.29, 1.82) is 0 Å². The SMILES string of the molecule is CC(O)(CC1CC1)c1ccc2c(c1)CCO2. The van der Waals surface area contributed by atoms with Crippen molar-refractivity contribution in [3.63, 3.8) is 0 Å². The van der Waals surface area contributed by atoms with Crippen molar-refractivity contribution in [2.45, 2.75) is 38.2 Å². The number of rotatable bonds is 3. The Morgan fingerprint density at radius 3 is 3.00 bits per heavy atom. The van der Waals surface area contributed by atoms with E-state index in [9.17, 15) is 5.11 Å². The fourth-order valence-corrected chi connectivity index (χ4v) is 2.52. The van der Waals surface area contributed by atoms with Gasteiger partial charge >= 0.3 is 0 Å². The van der Waals surface area contributed by atoms with E-state index in [1.54, 1.807) is 0 Å². The molecule has 0 radical (unpaired) electrons. The summed E-state index contributed by atoms with van der Waals surface area (Å²) < 4.78 is 5.48. The number of fused-ring (bicyclic) bond motifs is 1. The predicted octanol–water partition coefficient (Wildman–Crippen LogP) is 2.63. The highest BCUT2D eigenvalue weighted by atomic mass is 16.5. The lowest BCUT2D eigenvalue weighted by Crippen LogP contribution is -2.21. The molecule has 1 aromatic rings. The Hall–Kier alpha value is -1.02. The molecule has 16 heavy (non-hydrogen) atoms. The third kappa shape index (κ3) is 1.82. The van der Waals surface area contributed by atoms with E-state index in [-0.39, 0.29) is 0 Å². The monoisotopic (exact) mass is 218 g/mol. The van der Waals surface area contributed by atoms with Crippen molar-refractivity contribution in [3.8, 4) is 5.75 Å². The van der Waals surface area contributed by atoms with Gasteiger partial charge in [-0.25, -0.2) is 0 Å². The zero-order valence-corrected chi connectivity index (χ0v) is 9.70. The molecule has 1 saturated carbocycles. The van der Waals surface area contributed by atoms with Crippen LogP contribution in [0.5, 0.6) is 5.75 Å². The molecule has 1 aliphatic carbocycles. The van der Waals surface area contributed by atoms with Crippen LogP contribution < -0.4 is 4.74 Å². The van der Waals surface area contributed by atoms with Crippen LogP contribution in [0.4, 0.5) is 0 Å². The average Bonchev–Trinajstić information content (AvgIpc) is 2.93. The van der Waals surface area contributed by atoms with Crippen molar-refractivity contribution >= 4 is 0 Å². The Kier molecular flexibility index (Phi) is 2.21. The van der Waals surface area contributed by atoms with E-state index in [0.29, 0.717) is 0 Å². The largest absolute Gasteiger partial charge is 0.493 e. The molecule has 3 rings (SSSR count). The molecule has 2 nitrogen and oxygen atoms in total. The van der Waals surface area contributed by atoms with Gasteiger partial charge in [0.25, 0.3) is 0 Å². The van der Waals surface area contributed by atoms with Gasteiger partial charge in [-0.2, -0.15) is 0 Å². The van der Waals surface area contributed by atoms with E-state index in [4.69, 9.17) is 4.74 Å². The van der Waals surface area contributed by atoms with Crippen LogP contribution in [0, 0.1) is 5.92 Å². The van der Waals surface area contributed by atoms with Crippen molar-refractivity contribution in [3.05, 3.63) is 29.3 Å². The van der Waals surface area contributed by atoms with Crippen LogP contribution in [0.2, 0.25) is 0 Å². The molecule has 2 heteroatoms. The normalized spacial score (nSPS) is 22.4. The first-order chi connectivity index (χ1) is 7.65. The Bertz CT molecular complexity index is 405. The summed E-state index contributed by atoms with van der Waals surface area (Å²) in [5, 5.41) is 10.5. The molecule has 1 fully saturated rings. The van der Waals surface area contributed by atoms with E-state index in [0.717, 1.165) is 36.7 Å². The van der Waals surface area contributed by atoms with Gasteiger partial charge in [0.15, 0.2) is 0 Å². The lowest BCUT2D eigenvalue weighted by atomic mass is 9.89. The summed E-state index contributed by atoms with van der Waals surface area (Å²) in [4.78, 5) is 0. The first-order valence-corrected chi connectivity index (χ1v) is 6.14. The third-order valence-electron chi connectivity index (χ3n) is 3.69. The van der Waals surface area contributed by atoms with Gasteiger partial charge in [-0.05, 0) is 42.5 Å². The third-order valence-corrected chi connectivity index (χ3v) is 3.69. The Balaban J connectivity index is 1.87. The number of ether oxygens (including phenoxy) is 1. The van der Waals surface area contributed by atoms with Crippen LogP contribution in [0.1, 0.15) is 37.3 Å². The zero-order valence-electron chi connectivity index (χ0n) is 9.70. The summed E-state index contributed by atoms with van der Waals surface area (Å²) in [7, 11) is 0. The van der Waals surface area contributed by atoms with Gasteiger partial charge < -0.3 is 9.84 Å². The molecule has 0 amide bonds. The van der Waals surface area contributed by atoms with Gasteiger partial charge in [0.1, 0.15) is 5.75 Å². The molecular formula is C14H18O2. The summed E-state index contributed by atoms with van der Waals surface area (Å²) in [6.45, 7) is 2.71. The quantitative estimate of drug-likeness (QED) is 0.845. The van der Waals surface area contributed by atoms with E-state index < -0.39 is 5.60 Å². The molecule has 1 aliphatic heterocycles. The van der Waals surface area contributed by atoms with Crippen LogP contribution in [-0.2, 0) is 12.0 Å². The molecule has 1 aromatic carbocycles. The van der Waals surface area contributed by atoms with Gasteiger partial charge in [-0.1, -0.05) is 18.9 Å². The second kappa shape index (κ2) is 3.49. The number of hydrogen-bond donors (Lipinski definition) is 1. The summed E-state index contributed by atoms with van der Waals surface area (Å²) in [5.41, 5.74) is 1.62. The Morgan fingerprint density at radius 2 is 2.25 bits per heavy atom. The highest BCUT2D eigenvalue weighted by Crippen LogP contribution is 2.41. The topological polar surface area (TPSA) is 29.5 Å². The highest BCUT2D eigenvalue weighted by Gasteiger charge is 2.33. The van der Waals surface area contributed by atoms with Crippen LogP contribution in [-0.4, -0.2) is 11.7 Å². The minimum absolute atomic E-state index is 0.668. The second-order valence-corrected chi connectivity index (χ2v) is 5.34. The number of hydrogen-bond acceptors (Lipinski definition) is 2. The van der Waals surface area contributed by atoms with Crippen LogP contribution >= 0.6 is 0 Å². The maximum atomic E-state index is 10.5. The summed E-state index contributed by atoms with van der Waals surface area (Å²) in [6, 6.07) is 6.12. The van der Waals surface area contributed by atoms with Crippen LogP contribution in [0.3, 0.4) is 0 Å². The molecule has 0 bridgehead atoms. The first-order valence-electron chi connectivity index (χ1n) is 6.14. The smallest absolute Gasteiger partial charge is 0.122 e. The second-order valence-electron chi connectivity index (χ2n) is 5.34. The molecule has 0 spiro atoms. The Labute approximate surface area is 96.2 Å². The lowest BCUT2D eigenvalue weighted by molar-refractivity contribution is 0.0417. The molecule has 1 atom stereocenters. The molecule has 1 heterocycles. The average molecular weight is 218 g/mol. The summed E-state index contributed by atoms with van der Waals surface area (Å²) in [5.74, 6) is 1.73. The molecular weight excluding hydrogens is 200 g/mol. The van der Waals surface area contributed by atoms with Crippen molar-refractivity contribution < 1.29 is 9.84 Å². The summed E-state index contributed by atoms with van der Waals surface area (Å²) >= 11 is 0. The fourth-order valence-electron chi connectivity index (χ4n) is 2.52. The minimum atomic E-state index is -0.668. The first kappa shape index (κ1) is 10.2. The van der Waals surface area contributed by atoms with Crippen LogP contribution in [0.15, 0.2) is 18.2 Å². The molecule has 86 valence electrons. The van der Waals surface area contributed by atoms with E-state index in [1.807, 2.05) is 19.1 Å². The van der Waals surface area contributed by atoms with E-state index >= 15 is 0 Å². The van der Waals surface area contributed by atoms with Gasteiger partial charge in [-0.15, -0.1) is 0 Å². The fraction of sp³-hybridized carbons (Fsp3) is 0.571. The van der Waals surface area contributed by atoms with Crippen LogP contribution in [0.25, 0.3) is 0 Å². The van der Waals surface area contributed by atoms with Gasteiger partial charge in [0.05, 0.1) is 12.2 Å². The van der Waals surface area contributed by atoms with Crippen molar-refractivity contribution in [2.75, 3.05) is 6.61 Å². The summed E-state index contributed by atoms with van der Waals surface area (Å²) in [6.07, 6.45) is 4.43. The Morgan fingerprint density at radius 1 is 1.44 bits per heavy atom. The maximum Gasteiger partial charge on any atom is 0.122 e. The minimum Gasteiger partial charge on any atom is -0.493 e. The number of aliphatic hydroxyl groups is 1. The molecule has 0 saturated heterocycles. The van der Waals surface area contributed by atoms with Crippen molar-refractivity contribution in [2.24, 2.45) is 5.92 Å².